The van der Waals surface area contributed by atoms with E-state index in [1.165, 1.54) is 24.5 Å². The maximum absolute atomic E-state index is 11.8. The number of hydrogen-bond acceptors (Lipinski definition) is 4. The summed E-state index contributed by atoms with van der Waals surface area (Å²) < 4.78 is 5.04. The normalized spacial score (nSPS) is 10.3. The lowest BCUT2D eigenvalue weighted by Crippen LogP contribution is -2.48. The number of hydrogen-bond donors (Lipinski definition) is 3. The Morgan fingerprint density at radius 1 is 1.17 bits per heavy atom. The molecule has 0 aliphatic heterocycles. The predicted molar refractivity (Wildman–Crippen MR) is 90.5 cm³/mol. The number of furan rings is 1. The van der Waals surface area contributed by atoms with Crippen LogP contribution in [0, 0.1) is 0 Å². The van der Waals surface area contributed by atoms with Crippen molar-refractivity contribution >= 4 is 46.8 Å². The van der Waals surface area contributed by atoms with Crippen LogP contribution in [0.25, 0.3) is 6.08 Å². The van der Waals surface area contributed by atoms with Gasteiger partial charge >= 0.3 is 0 Å². The SMILES string of the molecule is O=C(/C=C/c1ccco1)NC(=S)NNC(=O)c1cccc(Cl)c1. The first-order valence-electron chi connectivity index (χ1n) is 6.43. The van der Waals surface area contributed by atoms with Crippen molar-refractivity contribution in [1.82, 2.24) is 16.2 Å². The summed E-state index contributed by atoms with van der Waals surface area (Å²) in [5, 5.41) is 2.77. The predicted octanol–water partition coefficient (Wildman–Crippen LogP) is 2.28. The van der Waals surface area contributed by atoms with Gasteiger partial charge in [0.25, 0.3) is 5.91 Å². The topological polar surface area (TPSA) is 83.4 Å². The van der Waals surface area contributed by atoms with Crippen LogP contribution in [0.4, 0.5) is 0 Å². The van der Waals surface area contributed by atoms with Crippen molar-refractivity contribution in [2.75, 3.05) is 0 Å². The maximum Gasteiger partial charge on any atom is 0.269 e. The largest absolute Gasteiger partial charge is 0.465 e. The third-order valence-corrected chi connectivity index (χ3v) is 2.99. The molecule has 0 saturated carbocycles. The van der Waals surface area contributed by atoms with Crippen molar-refractivity contribution in [3.63, 3.8) is 0 Å². The Kier molecular flexibility index (Phi) is 5.90. The summed E-state index contributed by atoms with van der Waals surface area (Å²) in [4.78, 5) is 23.4. The maximum atomic E-state index is 11.8. The van der Waals surface area contributed by atoms with Gasteiger partial charge in [0.05, 0.1) is 6.26 Å². The molecule has 1 aromatic carbocycles. The Hall–Kier alpha value is -2.64. The number of carbonyl (C=O) groups excluding carboxylic acids is 2. The lowest BCUT2D eigenvalue weighted by molar-refractivity contribution is -0.115. The van der Waals surface area contributed by atoms with Crippen LogP contribution >= 0.6 is 23.8 Å². The van der Waals surface area contributed by atoms with Crippen LogP contribution in [0.5, 0.6) is 0 Å². The highest BCUT2D eigenvalue weighted by Crippen LogP contribution is 2.10. The highest BCUT2D eigenvalue weighted by Gasteiger charge is 2.07. The van der Waals surface area contributed by atoms with Crippen molar-refractivity contribution in [3.05, 3.63) is 65.1 Å². The average molecular weight is 350 g/mol. The van der Waals surface area contributed by atoms with Crippen molar-refractivity contribution in [3.8, 4) is 0 Å². The number of benzene rings is 1. The molecule has 1 heterocycles. The molecule has 0 bridgehead atoms. The van der Waals surface area contributed by atoms with E-state index in [0.717, 1.165) is 0 Å². The van der Waals surface area contributed by atoms with Gasteiger partial charge in [0, 0.05) is 16.7 Å². The van der Waals surface area contributed by atoms with Gasteiger partial charge in [-0.2, -0.15) is 0 Å². The van der Waals surface area contributed by atoms with Crippen LogP contribution in [-0.2, 0) is 4.79 Å². The standard InChI is InChI=1S/C15H12ClN3O3S/c16-11-4-1-3-10(9-11)14(21)18-19-15(23)17-13(20)7-6-12-5-2-8-22-12/h1-9H,(H,18,21)(H2,17,19,20,23)/b7-6+. The summed E-state index contributed by atoms with van der Waals surface area (Å²) in [5.74, 6) is -0.362. The van der Waals surface area contributed by atoms with Crippen molar-refractivity contribution < 1.29 is 14.0 Å². The molecule has 0 fully saturated rings. The molecule has 0 aliphatic rings. The molecule has 8 heteroatoms. The molecule has 0 saturated heterocycles. The van der Waals surface area contributed by atoms with E-state index in [2.05, 4.69) is 16.2 Å². The number of halogens is 1. The lowest BCUT2D eigenvalue weighted by Gasteiger charge is -2.09. The van der Waals surface area contributed by atoms with Crippen LogP contribution in [0.1, 0.15) is 16.1 Å². The third kappa shape index (κ3) is 5.57. The molecule has 23 heavy (non-hydrogen) atoms. The molecule has 118 valence electrons. The number of hydrazine groups is 1. The Balaban J connectivity index is 1.78. The summed E-state index contributed by atoms with van der Waals surface area (Å²) in [6, 6.07) is 9.81. The van der Waals surface area contributed by atoms with Gasteiger partial charge < -0.3 is 4.42 Å². The molecule has 3 N–H and O–H groups in total. The number of amides is 2. The molecular formula is C15H12ClN3O3S. The fourth-order valence-corrected chi connectivity index (χ4v) is 1.89. The quantitative estimate of drug-likeness (QED) is 0.450. The van der Waals surface area contributed by atoms with Crippen molar-refractivity contribution in [2.24, 2.45) is 0 Å². The molecule has 2 amide bonds. The van der Waals surface area contributed by atoms with E-state index in [-0.39, 0.29) is 5.11 Å². The van der Waals surface area contributed by atoms with Gasteiger partial charge in [-0.1, -0.05) is 17.7 Å². The minimum absolute atomic E-state index is 0.0468. The first kappa shape index (κ1) is 16.7. The van der Waals surface area contributed by atoms with E-state index in [4.69, 9.17) is 28.2 Å². The molecule has 0 atom stereocenters. The Morgan fingerprint density at radius 3 is 2.70 bits per heavy atom. The summed E-state index contributed by atoms with van der Waals surface area (Å²) in [6.45, 7) is 0. The summed E-state index contributed by atoms with van der Waals surface area (Å²) in [7, 11) is 0. The second-order valence-electron chi connectivity index (χ2n) is 4.26. The molecule has 0 aliphatic carbocycles. The van der Waals surface area contributed by atoms with Crippen LogP contribution in [-0.4, -0.2) is 16.9 Å². The van der Waals surface area contributed by atoms with Crippen molar-refractivity contribution in [1.29, 1.82) is 0 Å². The van der Waals surface area contributed by atoms with Gasteiger partial charge in [0.1, 0.15) is 5.76 Å². The zero-order chi connectivity index (χ0) is 16.7. The van der Waals surface area contributed by atoms with Gasteiger partial charge in [-0.15, -0.1) is 0 Å². The second kappa shape index (κ2) is 8.11. The molecular weight excluding hydrogens is 338 g/mol. The Bertz CT molecular complexity index is 744. The monoisotopic (exact) mass is 349 g/mol. The van der Waals surface area contributed by atoms with Gasteiger partial charge in [-0.25, -0.2) is 0 Å². The zero-order valence-corrected chi connectivity index (χ0v) is 13.3. The fourth-order valence-electron chi connectivity index (χ4n) is 1.54. The summed E-state index contributed by atoms with van der Waals surface area (Å²) in [6.07, 6.45) is 4.24. The van der Waals surface area contributed by atoms with E-state index >= 15 is 0 Å². The average Bonchev–Trinajstić information content (AvgIpc) is 3.04. The van der Waals surface area contributed by atoms with Gasteiger partial charge in [-0.3, -0.25) is 25.8 Å². The van der Waals surface area contributed by atoms with Crippen LogP contribution in [0.15, 0.2) is 53.2 Å². The van der Waals surface area contributed by atoms with Crippen LogP contribution in [0.3, 0.4) is 0 Å². The van der Waals surface area contributed by atoms with Gasteiger partial charge in [-0.05, 0) is 48.6 Å². The number of thiocarbonyl (C=S) groups is 1. The number of nitrogens with one attached hydrogen (secondary N) is 3. The first-order valence-corrected chi connectivity index (χ1v) is 7.21. The fraction of sp³-hybridized carbons (Fsp3) is 0. The highest BCUT2D eigenvalue weighted by atomic mass is 35.5. The zero-order valence-electron chi connectivity index (χ0n) is 11.7. The lowest BCUT2D eigenvalue weighted by atomic mass is 10.2. The van der Waals surface area contributed by atoms with Crippen LogP contribution < -0.4 is 16.2 Å². The van der Waals surface area contributed by atoms with Gasteiger partial charge in [0.2, 0.25) is 5.91 Å². The third-order valence-electron chi connectivity index (χ3n) is 2.56. The molecule has 2 aromatic rings. The molecule has 1 aromatic heterocycles. The minimum Gasteiger partial charge on any atom is -0.465 e. The first-order chi connectivity index (χ1) is 11.0. The van der Waals surface area contributed by atoms with Crippen molar-refractivity contribution in [2.45, 2.75) is 0 Å². The Morgan fingerprint density at radius 2 is 2.00 bits per heavy atom. The molecule has 0 unspecified atom stereocenters. The number of carbonyl (C=O) groups is 2. The summed E-state index contributed by atoms with van der Waals surface area (Å²) in [5.41, 5.74) is 5.14. The van der Waals surface area contributed by atoms with Gasteiger partial charge in [0.15, 0.2) is 5.11 Å². The molecule has 2 rings (SSSR count). The Labute approximate surface area is 142 Å². The van der Waals surface area contributed by atoms with Crippen LogP contribution in [0.2, 0.25) is 5.02 Å². The highest BCUT2D eigenvalue weighted by molar-refractivity contribution is 7.80. The van der Waals surface area contributed by atoms with E-state index in [0.29, 0.717) is 16.3 Å². The molecule has 0 spiro atoms. The van der Waals surface area contributed by atoms with E-state index in [1.807, 2.05) is 0 Å². The van der Waals surface area contributed by atoms with E-state index < -0.39 is 11.8 Å². The molecule has 0 radical (unpaired) electrons. The molecule has 6 nitrogen and oxygen atoms in total. The minimum atomic E-state index is -0.462. The number of rotatable bonds is 3. The van der Waals surface area contributed by atoms with E-state index in [1.54, 1.807) is 30.3 Å². The summed E-state index contributed by atoms with van der Waals surface area (Å²) >= 11 is 10.7. The van der Waals surface area contributed by atoms with E-state index in [9.17, 15) is 9.59 Å². The smallest absolute Gasteiger partial charge is 0.269 e. The second-order valence-corrected chi connectivity index (χ2v) is 5.10.